The summed E-state index contributed by atoms with van der Waals surface area (Å²) in [5.74, 6) is -1.28. The van der Waals surface area contributed by atoms with Crippen molar-refractivity contribution >= 4 is 40.0 Å². The monoisotopic (exact) mass is 441 g/mol. The van der Waals surface area contributed by atoms with Gasteiger partial charge in [-0.15, -0.1) is 0 Å². The number of nitrogens with one attached hydrogen (secondary N) is 1. The van der Waals surface area contributed by atoms with E-state index in [-0.39, 0.29) is 47.3 Å². The second-order valence-corrected chi connectivity index (χ2v) is 6.51. The highest BCUT2D eigenvalue weighted by molar-refractivity contribution is 6.32. The Kier molecular flexibility index (Phi) is 6.31. The number of hydrogen-bond acceptors (Lipinski definition) is 6. The van der Waals surface area contributed by atoms with Crippen LogP contribution in [-0.4, -0.2) is 22.0 Å². The van der Waals surface area contributed by atoms with E-state index in [9.17, 15) is 28.5 Å². The van der Waals surface area contributed by atoms with Crippen LogP contribution in [0.2, 0.25) is 5.02 Å². The Balaban J connectivity index is 1.59. The van der Waals surface area contributed by atoms with Crippen LogP contribution in [0.15, 0.2) is 45.6 Å². The van der Waals surface area contributed by atoms with E-state index in [0.29, 0.717) is 11.2 Å². The van der Waals surface area contributed by atoms with Crippen molar-refractivity contribution in [3.05, 3.63) is 62.1 Å². The number of carbonyl (C=O) groups excluding carboxylic acids is 1. The van der Waals surface area contributed by atoms with E-state index in [2.05, 4.69) is 10.1 Å². The van der Waals surface area contributed by atoms with Gasteiger partial charge in [0.25, 0.3) is 5.69 Å². The van der Waals surface area contributed by atoms with Crippen molar-refractivity contribution in [2.75, 3.05) is 5.32 Å². The molecule has 0 saturated heterocycles. The van der Waals surface area contributed by atoms with Gasteiger partial charge in [-0.05, 0) is 30.7 Å². The molecule has 0 saturated carbocycles. The molecule has 12 heteroatoms. The fraction of sp³-hybridized carbons (Fsp3) is 0.222. The summed E-state index contributed by atoms with van der Waals surface area (Å²) in [6, 6.07) is 7.67. The van der Waals surface area contributed by atoms with E-state index >= 15 is 0 Å². The predicted octanol–water partition coefficient (Wildman–Crippen LogP) is 4.18. The first-order valence-electron chi connectivity index (χ1n) is 8.56. The average molecular weight is 442 g/mol. The van der Waals surface area contributed by atoms with E-state index in [4.69, 9.17) is 16.0 Å². The number of ether oxygens (including phenoxy) is 1. The number of amides is 1. The largest absolute Gasteiger partial charge is 0.433 e. The lowest BCUT2D eigenvalue weighted by atomic mass is 10.2. The third-order valence-corrected chi connectivity index (χ3v) is 4.38. The molecule has 0 fully saturated rings. The van der Waals surface area contributed by atoms with E-state index in [1.807, 2.05) is 0 Å². The third kappa shape index (κ3) is 4.92. The highest BCUT2D eigenvalue weighted by Gasteiger charge is 2.15. The molecule has 0 bridgehead atoms. The van der Waals surface area contributed by atoms with Crippen molar-refractivity contribution in [2.45, 2.75) is 26.0 Å². The topological polar surface area (TPSA) is 117 Å². The zero-order chi connectivity index (χ0) is 21.8. The van der Waals surface area contributed by atoms with Crippen molar-refractivity contribution < 1.29 is 27.7 Å². The molecular weight excluding hydrogens is 428 g/mol. The van der Waals surface area contributed by atoms with Gasteiger partial charge in [0.2, 0.25) is 5.91 Å². The maximum Gasteiger partial charge on any atom is 0.419 e. The van der Waals surface area contributed by atoms with E-state index in [0.717, 1.165) is 6.07 Å². The van der Waals surface area contributed by atoms with Crippen LogP contribution in [0.3, 0.4) is 0 Å². The molecular formula is C18H14ClF2N3O6. The van der Waals surface area contributed by atoms with Crippen LogP contribution in [0.4, 0.5) is 20.2 Å². The maximum atomic E-state index is 12.2. The second-order valence-electron chi connectivity index (χ2n) is 6.10. The van der Waals surface area contributed by atoms with Crippen molar-refractivity contribution in [3.8, 4) is 5.75 Å². The van der Waals surface area contributed by atoms with E-state index < -0.39 is 17.3 Å². The van der Waals surface area contributed by atoms with Crippen LogP contribution in [0.5, 0.6) is 5.75 Å². The minimum absolute atomic E-state index is 0.0407. The van der Waals surface area contributed by atoms with Crippen LogP contribution >= 0.6 is 11.6 Å². The molecule has 0 spiro atoms. The molecule has 0 aliphatic heterocycles. The molecule has 9 nitrogen and oxygen atoms in total. The summed E-state index contributed by atoms with van der Waals surface area (Å²) in [7, 11) is 0. The summed E-state index contributed by atoms with van der Waals surface area (Å²) in [6.07, 6.45) is 0.316. The highest BCUT2D eigenvalue weighted by atomic mass is 35.5. The summed E-state index contributed by atoms with van der Waals surface area (Å²) in [5, 5.41) is 13.3. The predicted molar refractivity (Wildman–Crippen MR) is 103 cm³/mol. The lowest BCUT2D eigenvalue weighted by Gasteiger charge is -2.09. The molecule has 0 atom stereocenters. The lowest BCUT2D eigenvalue weighted by Crippen LogP contribution is -2.17. The molecule has 1 amide bonds. The molecule has 1 heterocycles. The van der Waals surface area contributed by atoms with Crippen molar-refractivity contribution in [1.29, 1.82) is 0 Å². The van der Waals surface area contributed by atoms with Gasteiger partial charge < -0.3 is 14.5 Å². The number of fused-ring (bicyclic) bond motifs is 1. The summed E-state index contributed by atoms with van der Waals surface area (Å²) >= 11 is 5.83. The number of aromatic nitrogens is 1. The van der Waals surface area contributed by atoms with Crippen LogP contribution in [0.1, 0.15) is 12.8 Å². The number of nitro groups is 1. The van der Waals surface area contributed by atoms with Gasteiger partial charge in [0.05, 0.1) is 21.5 Å². The minimum atomic E-state index is -3.02. The number of alkyl halides is 2. The first-order chi connectivity index (χ1) is 14.2. The molecule has 1 aromatic heterocycles. The third-order valence-electron chi connectivity index (χ3n) is 4.08. The van der Waals surface area contributed by atoms with Gasteiger partial charge in [-0.25, -0.2) is 4.79 Å². The average Bonchev–Trinajstić information content (AvgIpc) is 2.98. The number of halogens is 3. The van der Waals surface area contributed by atoms with Crippen LogP contribution < -0.4 is 15.8 Å². The fourth-order valence-electron chi connectivity index (χ4n) is 2.77. The Hall–Kier alpha value is -3.47. The van der Waals surface area contributed by atoms with Gasteiger partial charge in [0, 0.05) is 24.7 Å². The molecule has 158 valence electrons. The highest BCUT2D eigenvalue weighted by Crippen LogP contribution is 2.29. The molecule has 0 unspecified atom stereocenters. The van der Waals surface area contributed by atoms with Crippen LogP contribution in [-0.2, 0) is 11.3 Å². The number of nitro benzene ring substituents is 1. The normalized spacial score (nSPS) is 11.1. The standard InChI is InChI=1S/C18H14ClF2N3O6/c19-12-8-10(3-6-14(12)29-17(20)21)22-16(25)2-1-7-23-13-5-4-11(24(27)28)9-15(13)30-18(23)26/h3-6,8-9,17H,1-2,7H2,(H,22,25). The number of anilines is 1. The fourth-order valence-corrected chi connectivity index (χ4v) is 3.00. The first kappa shape index (κ1) is 21.2. The Morgan fingerprint density at radius 3 is 2.73 bits per heavy atom. The minimum Gasteiger partial charge on any atom is -0.433 e. The molecule has 3 aromatic rings. The Morgan fingerprint density at radius 2 is 2.07 bits per heavy atom. The summed E-state index contributed by atoms with van der Waals surface area (Å²) in [6.45, 7) is -2.87. The van der Waals surface area contributed by atoms with Crippen LogP contribution in [0.25, 0.3) is 11.1 Å². The van der Waals surface area contributed by atoms with Gasteiger partial charge in [0.1, 0.15) is 5.75 Å². The molecule has 30 heavy (non-hydrogen) atoms. The number of aryl methyl sites for hydroxylation is 1. The van der Waals surface area contributed by atoms with Gasteiger partial charge in [0.15, 0.2) is 5.58 Å². The smallest absolute Gasteiger partial charge is 0.419 e. The number of rotatable bonds is 8. The zero-order valence-electron chi connectivity index (χ0n) is 15.1. The van der Waals surface area contributed by atoms with Gasteiger partial charge in [-0.3, -0.25) is 19.5 Å². The van der Waals surface area contributed by atoms with Crippen LogP contribution in [0, 0.1) is 10.1 Å². The van der Waals surface area contributed by atoms with E-state index in [1.165, 1.54) is 34.9 Å². The number of carbonyl (C=O) groups is 1. The molecule has 1 N–H and O–H groups in total. The Labute approximate surface area is 171 Å². The van der Waals surface area contributed by atoms with Crippen molar-refractivity contribution in [3.63, 3.8) is 0 Å². The van der Waals surface area contributed by atoms with Gasteiger partial charge in [-0.2, -0.15) is 8.78 Å². The number of nitrogens with zero attached hydrogens (tertiary/aromatic N) is 2. The number of non-ortho nitro benzene ring substituents is 1. The molecule has 0 aliphatic carbocycles. The Bertz CT molecular complexity index is 1160. The quantitative estimate of drug-likeness (QED) is 0.414. The van der Waals surface area contributed by atoms with Crippen molar-refractivity contribution in [1.82, 2.24) is 4.57 Å². The number of hydrogen-bond donors (Lipinski definition) is 1. The lowest BCUT2D eigenvalue weighted by molar-refractivity contribution is -0.384. The molecule has 0 aliphatic rings. The molecule has 0 radical (unpaired) electrons. The first-order valence-corrected chi connectivity index (χ1v) is 8.94. The van der Waals surface area contributed by atoms with Crippen molar-refractivity contribution in [2.24, 2.45) is 0 Å². The summed E-state index contributed by atoms with van der Waals surface area (Å²) in [5.41, 5.74) is 0.558. The SMILES string of the molecule is O=C(CCCn1c(=O)oc2cc([N+](=O)[O-])ccc21)Nc1ccc(OC(F)F)c(Cl)c1. The van der Waals surface area contributed by atoms with Gasteiger partial charge >= 0.3 is 12.4 Å². The summed E-state index contributed by atoms with van der Waals surface area (Å²) < 4.78 is 35.0. The second kappa shape index (κ2) is 8.91. The number of benzene rings is 2. The Morgan fingerprint density at radius 1 is 1.30 bits per heavy atom. The maximum absolute atomic E-state index is 12.2. The molecule has 3 rings (SSSR count). The van der Waals surface area contributed by atoms with Gasteiger partial charge in [-0.1, -0.05) is 11.6 Å². The number of oxazole rings is 1. The van der Waals surface area contributed by atoms with E-state index in [1.54, 1.807) is 0 Å². The zero-order valence-corrected chi connectivity index (χ0v) is 15.9. The molecule has 2 aromatic carbocycles. The summed E-state index contributed by atoms with van der Waals surface area (Å²) in [4.78, 5) is 34.3.